The molecule has 2 unspecified atom stereocenters. The third-order valence-corrected chi connectivity index (χ3v) is 10.2. The Hall–Kier alpha value is -3.26. The monoisotopic (exact) mass is 638 g/mol. The minimum Gasteiger partial charge on any atom is -0.497 e. The van der Waals surface area contributed by atoms with Crippen LogP contribution in [0.5, 0.6) is 17.2 Å². The number of ether oxygens (including phenoxy) is 3. The first-order valence-corrected chi connectivity index (χ1v) is 16.8. The molecule has 0 saturated carbocycles. The first-order chi connectivity index (χ1) is 22.4. The zero-order valence-corrected chi connectivity index (χ0v) is 29.5. The van der Waals surface area contributed by atoms with Crippen LogP contribution in [-0.4, -0.2) is 65.8 Å². The van der Waals surface area contributed by atoms with Crippen LogP contribution in [0.15, 0.2) is 36.4 Å². The van der Waals surface area contributed by atoms with E-state index >= 15 is 0 Å². The molecule has 5 atom stereocenters. The lowest BCUT2D eigenvalue weighted by molar-refractivity contribution is -0.153. The largest absolute Gasteiger partial charge is 0.497 e. The minimum atomic E-state index is -2.52. The fraction of sp³-hybridized carbons (Fsp3) is 0.632. The first-order valence-electron chi connectivity index (χ1n) is 17.8. The summed E-state index contributed by atoms with van der Waals surface area (Å²) in [7, 11) is 1.56. The van der Waals surface area contributed by atoms with Crippen LogP contribution in [0.3, 0.4) is 0 Å². The highest BCUT2D eigenvalue weighted by Crippen LogP contribution is 2.60. The molecule has 0 bridgehead atoms. The number of benzene rings is 2. The van der Waals surface area contributed by atoms with Gasteiger partial charge in [0.15, 0.2) is 11.5 Å². The summed E-state index contributed by atoms with van der Waals surface area (Å²) in [5, 5.41) is 11.2. The summed E-state index contributed by atoms with van der Waals surface area (Å²) in [5.41, 5.74) is -0.715. The smallest absolute Gasteiger partial charge is 0.312 e. The van der Waals surface area contributed by atoms with Crippen LogP contribution in [0.1, 0.15) is 107 Å². The van der Waals surface area contributed by atoms with Crippen LogP contribution < -0.4 is 14.2 Å². The molecule has 0 spiro atoms. The first kappa shape index (κ1) is 32.7. The molecule has 46 heavy (non-hydrogen) atoms. The Morgan fingerprint density at radius 3 is 2.13 bits per heavy atom. The van der Waals surface area contributed by atoms with Crippen molar-refractivity contribution >= 4 is 11.9 Å². The van der Waals surface area contributed by atoms with E-state index in [0.717, 1.165) is 31.2 Å². The van der Waals surface area contributed by atoms with Crippen molar-refractivity contribution in [2.75, 3.05) is 33.2 Å². The molecule has 254 valence electrons. The van der Waals surface area contributed by atoms with Crippen LogP contribution in [0, 0.1) is 24.2 Å². The molecule has 1 saturated heterocycles. The van der Waals surface area contributed by atoms with Gasteiger partial charge in [0.1, 0.15) is 5.75 Å². The van der Waals surface area contributed by atoms with E-state index in [1.807, 2.05) is 33.8 Å². The normalized spacial score (nSPS) is 25.8. The molecule has 2 aliphatic heterocycles. The zero-order valence-electron chi connectivity index (χ0n) is 31.5. The van der Waals surface area contributed by atoms with Crippen molar-refractivity contribution in [3.05, 3.63) is 53.1 Å². The topological polar surface area (TPSA) is 88.5 Å². The number of carbonyl (C=O) groups excluding carboxylic acids is 1. The highest BCUT2D eigenvalue weighted by molar-refractivity contribution is 5.82. The second-order valence-corrected chi connectivity index (χ2v) is 14.4. The Labute approximate surface area is 279 Å². The average Bonchev–Trinajstić information content (AvgIpc) is 3.48. The predicted octanol–water partition coefficient (Wildman–Crippen LogP) is 7.62. The van der Waals surface area contributed by atoms with Crippen molar-refractivity contribution in [1.82, 2.24) is 9.80 Å². The molecule has 0 radical (unpaired) electrons. The second kappa shape index (κ2) is 13.8. The standard InChI is InChI=1S/C38H56N2O6/c1-11-13-25(3)21-39(22-26(4)14-12-2)32(41)23-40-24-37(8,30-19-20-31-33(27(30)5)46-36(6,7)45-31)38(9,35(42)43)34(40)28-15-17-29(44-10)18-16-28/h15-20,25-26,34H,11-14,21-24H2,1-10H3,(H,42,43)/t25?,26?,34-,37+,38+/m0/s1/i23D2. The number of carboxylic acids is 1. The number of carboxylic acid groups (broad SMARTS) is 1. The number of nitrogens with zero attached hydrogens (tertiary/aromatic N) is 2. The number of aliphatic carboxylic acids is 1. The highest BCUT2D eigenvalue weighted by Gasteiger charge is 2.64. The van der Waals surface area contributed by atoms with Crippen LogP contribution in [0.25, 0.3) is 0 Å². The number of rotatable bonds is 14. The summed E-state index contributed by atoms with van der Waals surface area (Å²) in [6.45, 7) is 15.8. The third kappa shape index (κ3) is 6.73. The summed E-state index contributed by atoms with van der Waals surface area (Å²) in [6, 6.07) is 9.74. The van der Waals surface area contributed by atoms with Crippen molar-refractivity contribution in [3.63, 3.8) is 0 Å². The molecular formula is C38H56N2O6. The summed E-state index contributed by atoms with van der Waals surface area (Å²) >= 11 is 0. The second-order valence-electron chi connectivity index (χ2n) is 14.4. The van der Waals surface area contributed by atoms with E-state index in [2.05, 4.69) is 27.7 Å². The fourth-order valence-electron chi connectivity index (χ4n) is 7.69. The number of amides is 1. The average molecular weight is 639 g/mol. The van der Waals surface area contributed by atoms with E-state index in [0.29, 0.717) is 41.5 Å². The van der Waals surface area contributed by atoms with Gasteiger partial charge in [-0.05, 0) is 73.4 Å². The van der Waals surface area contributed by atoms with Gasteiger partial charge in [-0.2, -0.15) is 0 Å². The van der Waals surface area contributed by atoms with Crippen LogP contribution in [0.4, 0.5) is 0 Å². The lowest BCUT2D eigenvalue weighted by Gasteiger charge is -2.41. The van der Waals surface area contributed by atoms with Crippen molar-refractivity contribution in [1.29, 1.82) is 0 Å². The molecule has 0 aromatic heterocycles. The summed E-state index contributed by atoms with van der Waals surface area (Å²) in [4.78, 5) is 31.6. The molecule has 1 amide bonds. The minimum absolute atomic E-state index is 0.0298. The zero-order chi connectivity index (χ0) is 35.8. The van der Waals surface area contributed by atoms with E-state index in [-0.39, 0.29) is 18.4 Å². The van der Waals surface area contributed by atoms with Gasteiger partial charge in [-0.3, -0.25) is 14.5 Å². The van der Waals surface area contributed by atoms with Gasteiger partial charge in [0.25, 0.3) is 0 Å². The Balaban J connectivity index is 1.91. The SMILES string of the molecule is [2H]C([2H])(C(=O)N(CC(C)CCC)CC(C)CCC)N1C[C@](C)(c2ccc3c(c2C)OC(C)(C)O3)[C@@](C)(C(=O)O)[C@@H]1c1ccc(OC)cc1. The van der Waals surface area contributed by atoms with Crippen LogP contribution >= 0.6 is 0 Å². The lowest BCUT2D eigenvalue weighted by Crippen LogP contribution is -2.48. The van der Waals surface area contributed by atoms with Gasteiger partial charge in [-0.25, -0.2) is 0 Å². The van der Waals surface area contributed by atoms with E-state index in [1.54, 1.807) is 49.3 Å². The predicted molar refractivity (Wildman–Crippen MR) is 182 cm³/mol. The maximum absolute atomic E-state index is 14.6. The van der Waals surface area contributed by atoms with Crippen molar-refractivity contribution < 1.29 is 31.6 Å². The molecule has 1 fully saturated rings. The number of hydrogen-bond acceptors (Lipinski definition) is 6. The van der Waals surface area contributed by atoms with Gasteiger partial charge in [0.2, 0.25) is 11.7 Å². The third-order valence-electron chi connectivity index (χ3n) is 10.2. The molecule has 2 aromatic rings. The molecule has 0 aliphatic carbocycles. The van der Waals surface area contributed by atoms with Gasteiger partial charge >= 0.3 is 5.97 Å². The summed E-state index contributed by atoms with van der Waals surface area (Å²) in [6.07, 6.45) is 3.77. The molecule has 8 nitrogen and oxygen atoms in total. The van der Waals surface area contributed by atoms with Gasteiger partial charge in [-0.15, -0.1) is 0 Å². The lowest BCUT2D eigenvalue weighted by atomic mass is 9.59. The molecule has 4 rings (SSSR count). The Morgan fingerprint density at radius 1 is 1.02 bits per heavy atom. The fourth-order valence-corrected chi connectivity index (χ4v) is 7.69. The highest BCUT2D eigenvalue weighted by atomic mass is 16.7. The van der Waals surface area contributed by atoms with Gasteiger partial charge in [0, 0.05) is 38.9 Å². The molecule has 2 aromatic carbocycles. The number of likely N-dealkylation sites (tertiary alicyclic amines) is 1. The maximum atomic E-state index is 14.6. The van der Waals surface area contributed by atoms with Crippen molar-refractivity contribution in [2.24, 2.45) is 17.3 Å². The number of carbonyl (C=O) groups is 2. The molecule has 1 N–H and O–H groups in total. The summed E-state index contributed by atoms with van der Waals surface area (Å²) < 4.78 is 36.9. The van der Waals surface area contributed by atoms with Crippen LogP contribution in [-0.2, 0) is 15.0 Å². The molecule has 8 heteroatoms. The Bertz CT molecular complexity index is 1470. The van der Waals surface area contributed by atoms with E-state index < -0.39 is 41.0 Å². The van der Waals surface area contributed by atoms with Gasteiger partial charge < -0.3 is 24.2 Å². The Morgan fingerprint density at radius 2 is 1.61 bits per heavy atom. The summed E-state index contributed by atoms with van der Waals surface area (Å²) in [5.74, 6) is -0.501. The number of hydrogen-bond donors (Lipinski definition) is 1. The molecule has 2 aliphatic rings. The van der Waals surface area contributed by atoms with Crippen LogP contribution in [0.2, 0.25) is 0 Å². The molecule has 2 heterocycles. The van der Waals surface area contributed by atoms with Gasteiger partial charge in [0.05, 0.1) is 27.8 Å². The number of fused-ring (bicyclic) bond motifs is 1. The Kier molecular flexibility index (Phi) is 9.83. The van der Waals surface area contributed by atoms with E-state index in [1.165, 1.54) is 4.90 Å². The molecular weight excluding hydrogens is 580 g/mol. The number of methoxy groups -OCH3 is 1. The van der Waals surface area contributed by atoms with Crippen molar-refractivity contribution in [3.8, 4) is 17.2 Å². The van der Waals surface area contributed by atoms with E-state index in [4.69, 9.17) is 14.2 Å². The van der Waals surface area contributed by atoms with E-state index in [9.17, 15) is 17.4 Å². The maximum Gasteiger partial charge on any atom is 0.312 e. The quantitative estimate of drug-likeness (QED) is 0.228. The van der Waals surface area contributed by atoms with Gasteiger partial charge in [-0.1, -0.05) is 65.7 Å². The van der Waals surface area contributed by atoms with Crippen molar-refractivity contribution in [2.45, 2.75) is 105 Å².